The second kappa shape index (κ2) is 5.56. The zero-order chi connectivity index (χ0) is 12.3. The molecule has 3 nitrogen and oxygen atoms in total. The first-order valence-electron chi connectivity index (χ1n) is 6.96. The number of imidazole rings is 1. The number of hydrogen-bond acceptors (Lipinski definition) is 2. The third-order valence-electron chi connectivity index (χ3n) is 3.92. The van der Waals surface area contributed by atoms with Crippen LogP contribution >= 0.6 is 0 Å². The molecule has 2 rings (SSSR count). The Morgan fingerprint density at radius 3 is 2.71 bits per heavy atom. The van der Waals surface area contributed by atoms with Gasteiger partial charge in [0, 0.05) is 19.3 Å². The summed E-state index contributed by atoms with van der Waals surface area (Å²) >= 11 is 0. The smallest absolute Gasteiger partial charge is 0.203 e. The second-order valence-electron chi connectivity index (χ2n) is 5.50. The first-order chi connectivity index (χ1) is 8.19. The predicted octanol–water partition coefficient (Wildman–Crippen LogP) is 3.45. The molecule has 0 aliphatic heterocycles. The van der Waals surface area contributed by atoms with E-state index in [2.05, 4.69) is 41.8 Å². The molecule has 0 unspecified atom stereocenters. The lowest BCUT2D eigenvalue weighted by molar-refractivity contribution is 0.300. The van der Waals surface area contributed by atoms with Gasteiger partial charge in [0.25, 0.3) is 0 Å². The number of nitrogens with zero attached hydrogens (tertiary/aromatic N) is 2. The van der Waals surface area contributed by atoms with Crippen molar-refractivity contribution in [1.82, 2.24) is 9.55 Å². The van der Waals surface area contributed by atoms with Crippen molar-refractivity contribution in [2.24, 2.45) is 11.8 Å². The Labute approximate surface area is 105 Å². The van der Waals surface area contributed by atoms with Crippen molar-refractivity contribution in [3.05, 3.63) is 11.9 Å². The quantitative estimate of drug-likeness (QED) is 0.866. The lowest BCUT2D eigenvalue weighted by Crippen LogP contribution is -2.21. The Balaban J connectivity index is 1.85. The largest absolute Gasteiger partial charge is 0.355 e. The van der Waals surface area contributed by atoms with E-state index in [1.54, 1.807) is 0 Å². The van der Waals surface area contributed by atoms with Crippen LogP contribution in [-0.2, 0) is 6.54 Å². The molecule has 17 heavy (non-hydrogen) atoms. The van der Waals surface area contributed by atoms with Crippen molar-refractivity contribution in [3.63, 3.8) is 0 Å². The molecule has 1 aliphatic rings. The minimum atomic E-state index is 0.841. The Kier molecular flexibility index (Phi) is 4.08. The highest BCUT2D eigenvalue weighted by molar-refractivity contribution is 5.28. The van der Waals surface area contributed by atoms with E-state index in [0.29, 0.717) is 0 Å². The normalized spacial score (nSPS) is 24.9. The average molecular weight is 235 g/mol. The van der Waals surface area contributed by atoms with E-state index in [-0.39, 0.29) is 0 Å². The molecule has 0 aromatic carbocycles. The molecule has 0 spiro atoms. The zero-order valence-corrected chi connectivity index (χ0v) is 11.4. The zero-order valence-electron chi connectivity index (χ0n) is 11.4. The number of hydrogen-bond donors (Lipinski definition) is 1. The Bertz CT molecular complexity index is 348. The third-order valence-corrected chi connectivity index (χ3v) is 3.92. The van der Waals surface area contributed by atoms with Crippen molar-refractivity contribution in [1.29, 1.82) is 0 Å². The van der Waals surface area contributed by atoms with Crippen LogP contribution in [0.15, 0.2) is 6.20 Å². The van der Waals surface area contributed by atoms with E-state index in [1.165, 1.54) is 25.7 Å². The summed E-state index contributed by atoms with van der Waals surface area (Å²) in [5, 5.41) is 3.52. The van der Waals surface area contributed by atoms with Gasteiger partial charge in [-0.05, 0) is 38.5 Å². The molecule has 1 fully saturated rings. The molecule has 1 heterocycles. The minimum absolute atomic E-state index is 0.841. The monoisotopic (exact) mass is 235 g/mol. The van der Waals surface area contributed by atoms with Crippen molar-refractivity contribution >= 4 is 5.95 Å². The summed E-state index contributed by atoms with van der Waals surface area (Å²) in [5.74, 6) is 2.82. The number of aryl methyl sites for hydroxylation is 2. The predicted molar refractivity (Wildman–Crippen MR) is 72.2 cm³/mol. The van der Waals surface area contributed by atoms with Crippen molar-refractivity contribution in [2.75, 3.05) is 11.9 Å². The van der Waals surface area contributed by atoms with Crippen LogP contribution in [0.25, 0.3) is 0 Å². The third kappa shape index (κ3) is 3.24. The minimum Gasteiger partial charge on any atom is -0.355 e. The molecular weight excluding hydrogens is 210 g/mol. The van der Waals surface area contributed by atoms with Crippen LogP contribution in [0.3, 0.4) is 0 Å². The molecule has 1 saturated carbocycles. The molecule has 0 bridgehead atoms. The van der Waals surface area contributed by atoms with Crippen LogP contribution in [0.2, 0.25) is 0 Å². The molecule has 1 aromatic rings. The van der Waals surface area contributed by atoms with Gasteiger partial charge in [0.1, 0.15) is 0 Å². The van der Waals surface area contributed by atoms with Gasteiger partial charge in [-0.2, -0.15) is 0 Å². The summed E-state index contributed by atoms with van der Waals surface area (Å²) in [7, 11) is 0. The molecule has 1 N–H and O–H groups in total. The molecule has 1 aromatic heterocycles. The molecule has 3 heteroatoms. The Morgan fingerprint density at radius 2 is 2.06 bits per heavy atom. The van der Waals surface area contributed by atoms with Crippen molar-refractivity contribution < 1.29 is 0 Å². The summed E-state index contributed by atoms with van der Waals surface area (Å²) in [5.41, 5.74) is 1.10. The highest BCUT2D eigenvalue weighted by Crippen LogP contribution is 2.28. The maximum absolute atomic E-state index is 4.53. The fourth-order valence-electron chi connectivity index (χ4n) is 2.70. The van der Waals surface area contributed by atoms with Crippen molar-refractivity contribution in [3.8, 4) is 0 Å². The van der Waals surface area contributed by atoms with E-state index in [0.717, 1.165) is 36.6 Å². The van der Waals surface area contributed by atoms with Crippen LogP contribution in [0.5, 0.6) is 0 Å². The average Bonchev–Trinajstić information content (AvgIpc) is 2.69. The summed E-state index contributed by atoms with van der Waals surface area (Å²) in [6, 6.07) is 0. The van der Waals surface area contributed by atoms with Crippen LogP contribution in [-0.4, -0.2) is 16.1 Å². The summed E-state index contributed by atoms with van der Waals surface area (Å²) in [6.07, 6.45) is 7.66. The van der Waals surface area contributed by atoms with Gasteiger partial charge < -0.3 is 9.88 Å². The summed E-state index contributed by atoms with van der Waals surface area (Å²) < 4.78 is 2.20. The van der Waals surface area contributed by atoms with Gasteiger partial charge in [0.05, 0.1) is 5.69 Å². The van der Waals surface area contributed by atoms with Crippen LogP contribution in [0, 0.1) is 18.8 Å². The Hall–Kier alpha value is -0.990. The van der Waals surface area contributed by atoms with Crippen LogP contribution in [0.4, 0.5) is 5.95 Å². The fraction of sp³-hybridized carbons (Fsp3) is 0.786. The molecule has 1 aliphatic carbocycles. The second-order valence-corrected chi connectivity index (χ2v) is 5.50. The molecule has 96 valence electrons. The van der Waals surface area contributed by atoms with Gasteiger partial charge in [0.2, 0.25) is 5.95 Å². The molecule has 0 atom stereocenters. The van der Waals surface area contributed by atoms with Crippen LogP contribution in [0.1, 0.15) is 45.2 Å². The van der Waals surface area contributed by atoms with E-state index >= 15 is 0 Å². The standard InChI is InChI=1S/C14H25N3/c1-4-17-10-12(3)16-14(17)15-9-13-7-5-11(2)6-8-13/h10-11,13H,4-9H2,1-3H3,(H,15,16). The number of rotatable bonds is 4. The SMILES string of the molecule is CCn1cc(C)nc1NCC1CCC(C)CC1. The number of anilines is 1. The topological polar surface area (TPSA) is 29.9 Å². The van der Waals surface area contributed by atoms with Gasteiger partial charge in [-0.3, -0.25) is 0 Å². The molecular formula is C14H25N3. The summed E-state index contributed by atoms with van der Waals surface area (Å²) in [6.45, 7) is 8.67. The van der Waals surface area contributed by atoms with Crippen molar-refractivity contribution in [2.45, 2.75) is 53.0 Å². The highest BCUT2D eigenvalue weighted by Gasteiger charge is 2.18. The first-order valence-corrected chi connectivity index (χ1v) is 6.96. The van der Waals surface area contributed by atoms with E-state index in [9.17, 15) is 0 Å². The first kappa shape index (κ1) is 12.5. The maximum atomic E-state index is 4.53. The van der Waals surface area contributed by atoms with Gasteiger partial charge in [0.15, 0.2) is 0 Å². The lowest BCUT2D eigenvalue weighted by atomic mass is 9.83. The summed E-state index contributed by atoms with van der Waals surface area (Å²) in [4.78, 5) is 4.53. The van der Waals surface area contributed by atoms with Gasteiger partial charge in [-0.1, -0.05) is 19.8 Å². The van der Waals surface area contributed by atoms with Gasteiger partial charge >= 0.3 is 0 Å². The fourth-order valence-corrected chi connectivity index (χ4v) is 2.70. The Morgan fingerprint density at radius 1 is 1.35 bits per heavy atom. The highest BCUT2D eigenvalue weighted by atomic mass is 15.2. The van der Waals surface area contributed by atoms with E-state index in [1.807, 2.05) is 0 Å². The number of aromatic nitrogens is 2. The van der Waals surface area contributed by atoms with Gasteiger partial charge in [-0.15, -0.1) is 0 Å². The van der Waals surface area contributed by atoms with Gasteiger partial charge in [-0.25, -0.2) is 4.98 Å². The van der Waals surface area contributed by atoms with Crippen LogP contribution < -0.4 is 5.32 Å². The molecule has 0 saturated heterocycles. The lowest BCUT2D eigenvalue weighted by Gasteiger charge is -2.26. The maximum Gasteiger partial charge on any atom is 0.203 e. The number of nitrogens with one attached hydrogen (secondary N) is 1. The van der Waals surface area contributed by atoms with E-state index < -0.39 is 0 Å². The molecule has 0 radical (unpaired) electrons. The molecule has 0 amide bonds. The van der Waals surface area contributed by atoms with E-state index in [4.69, 9.17) is 0 Å².